The second-order valence-corrected chi connectivity index (χ2v) is 9.80. The third-order valence-corrected chi connectivity index (χ3v) is 5.79. The van der Waals surface area contributed by atoms with Gasteiger partial charge in [0.25, 0.3) is 5.91 Å². The molecule has 0 aliphatic carbocycles. The monoisotopic (exact) mass is 514 g/mol. The Morgan fingerprint density at radius 1 is 1.22 bits per heavy atom. The summed E-state index contributed by atoms with van der Waals surface area (Å²) >= 11 is 1.24. The number of aromatic nitrogens is 4. The van der Waals surface area contributed by atoms with Gasteiger partial charge in [0.15, 0.2) is 10.4 Å². The van der Waals surface area contributed by atoms with Gasteiger partial charge in [-0.05, 0) is 46.8 Å². The van der Waals surface area contributed by atoms with Crippen molar-refractivity contribution in [3.8, 4) is 0 Å². The van der Waals surface area contributed by atoms with Gasteiger partial charge < -0.3 is 14.8 Å². The molecule has 2 amide bonds. The summed E-state index contributed by atoms with van der Waals surface area (Å²) in [6.45, 7) is 10.2. The molecule has 36 heavy (non-hydrogen) atoms. The summed E-state index contributed by atoms with van der Waals surface area (Å²) in [4.78, 5) is 46.0. The van der Waals surface area contributed by atoms with Gasteiger partial charge in [-0.25, -0.2) is 14.6 Å². The van der Waals surface area contributed by atoms with Crippen LogP contribution in [0.1, 0.15) is 54.2 Å². The van der Waals surface area contributed by atoms with Gasteiger partial charge in [-0.1, -0.05) is 23.5 Å². The number of allylic oxidation sites excluding steroid dienone is 1. The number of nitrogens with one attached hydrogen (secondary N) is 1. The molecule has 0 aromatic carbocycles. The molecule has 12 heteroatoms. The van der Waals surface area contributed by atoms with Crippen molar-refractivity contribution in [3.05, 3.63) is 52.2 Å². The van der Waals surface area contributed by atoms with Gasteiger partial charge in [0.05, 0.1) is 23.1 Å². The Hall–Kier alpha value is -3.80. The lowest BCUT2D eigenvalue weighted by Crippen LogP contribution is -2.32. The van der Waals surface area contributed by atoms with E-state index in [1.807, 2.05) is 19.9 Å². The normalized spacial score (nSPS) is 12.3. The number of hydrogen-bond acceptors (Lipinski definition) is 8. The molecule has 0 aliphatic rings. The molecule has 0 atom stereocenters. The number of ether oxygens (including phenoxy) is 2. The molecule has 0 aliphatic heterocycles. The molecule has 0 spiro atoms. The maximum Gasteiger partial charge on any atom is 0.407 e. The van der Waals surface area contributed by atoms with Gasteiger partial charge in [0.1, 0.15) is 11.3 Å². The van der Waals surface area contributed by atoms with Crippen LogP contribution in [-0.4, -0.2) is 56.6 Å². The lowest BCUT2D eigenvalue weighted by atomic mass is 10.2. The van der Waals surface area contributed by atoms with E-state index in [2.05, 4.69) is 20.4 Å². The lowest BCUT2D eigenvalue weighted by Gasteiger charge is -2.19. The van der Waals surface area contributed by atoms with Crippen LogP contribution in [0.5, 0.6) is 0 Å². The Kier molecular flexibility index (Phi) is 8.41. The summed E-state index contributed by atoms with van der Waals surface area (Å²) in [5, 5.41) is 6.97. The fraction of sp³-hybridized carbons (Fsp3) is 0.417. The molecule has 1 N–H and O–H groups in total. The molecule has 11 nitrogen and oxygen atoms in total. The Balaban J connectivity index is 1.92. The number of fused-ring (bicyclic) bond motifs is 1. The van der Waals surface area contributed by atoms with Crippen molar-refractivity contribution in [2.75, 3.05) is 13.7 Å². The zero-order chi connectivity index (χ0) is 26.5. The first-order valence-corrected chi connectivity index (χ1v) is 12.2. The molecule has 0 radical (unpaired) electrons. The first-order chi connectivity index (χ1) is 17.0. The molecule has 0 unspecified atom stereocenters. The van der Waals surface area contributed by atoms with Crippen molar-refractivity contribution in [3.63, 3.8) is 0 Å². The number of nitrogens with zero attached hydrogens (tertiary/aromatic N) is 5. The highest BCUT2D eigenvalue weighted by Crippen LogP contribution is 2.18. The Morgan fingerprint density at radius 2 is 1.97 bits per heavy atom. The van der Waals surface area contributed by atoms with Crippen molar-refractivity contribution >= 4 is 39.7 Å². The molecule has 3 rings (SSSR count). The summed E-state index contributed by atoms with van der Waals surface area (Å²) < 4.78 is 14.1. The van der Waals surface area contributed by atoms with Crippen LogP contribution in [0.25, 0.3) is 10.3 Å². The number of methoxy groups -OCH3 is 1. The number of pyridine rings is 1. The van der Waals surface area contributed by atoms with E-state index in [-0.39, 0.29) is 6.54 Å². The summed E-state index contributed by atoms with van der Waals surface area (Å²) in [7, 11) is 1.30. The molecule has 3 aromatic rings. The van der Waals surface area contributed by atoms with E-state index in [1.54, 1.807) is 48.2 Å². The highest BCUT2D eigenvalue weighted by Gasteiger charge is 2.17. The number of carbonyl (C=O) groups excluding carboxylic acids is 3. The maximum absolute atomic E-state index is 13.0. The molecule has 3 heterocycles. The number of carbonyl (C=O) groups is 3. The average Bonchev–Trinajstić information content (AvgIpc) is 3.36. The van der Waals surface area contributed by atoms with E-state index in [0.29, 0.717) is 39.5 Å². The third kappa shape index (κ3) is 6.66. The molecular weight excluding hydrogens is 484 g/mol. The molecular formula is C24H30N6O5S. The minimum Gasteiger partial charge on any atom is -0.465 e. The number of aryl methyl sites for hydroxylation is 2. The number of thiazole rings is 1. The van der Waals surface area contributed by atoms with E-state index in [0.717, 1.165) is 5.69 Å². The van der Waals surface area contributed by atoms with Crippen LogP contribution in [0.4, 0.5) is 4.79 Å². The minimum absolute atomic E-state index is 0.262. The summed E-state index contributed by atoms with van der Waals surface area (Å²) in [6.07, 6.45) is 4.50. The van der Waals surface area contributed by atoms with Gasteiger partial charge in [-0.3, -0.25) is 14.0 Å². The van der Waals surface area contributed by atoms with E-state index in [9.17, 15) is 14.4 Å². The molecule has 192 valence electrons. The van der Waals surface area contributed by atoms with Crippen molar-refractivity contribution in [2.24, 2.45) is 4.99 Å². The zero-order valence-corrected chi connectivity index (χ0v) is 22.0. The Bertz CT molecular complexity index is 1380. The highest BCUT2D eigenvalue weighted by molar-refractivity contribution is 7.16. The van der Waals surface area contributed by atoms with E-state index < -0.39 is 23.6 Å². The van der Waals surface area contributed by atoms with Crippen LogP contribution in [-0.2, 0) is 22.6 Å². The van der Waals surface area contributed by atoms with E-state index >= 15 is 0 Å². The predicted octanol–water partition coefficient (Wildman–Crippen LogP) is 3.23. The standard InChI is InChI=1S/C24H30N6O5S/c1-7-30-17(12-15(2)28-30)20(31)27-22-29(11-9-8-10-25-23(33)35-24(3,4)5)19-18(36-22)13-16(14-26-19)21(32)34-6/h8-9,12-14H,7,10-11H2,1-6H3,(H,25,33)/b9-8+,27-22-. The third-order valence-electron chi connectivity index (χ3n) is 4.78. The van der Waals surface area contributed by atoms with Gasteiger partial charge in [0.2, 0.25) is 0 Å². The average molecular weight is 515 g/mol. The van der Waals surface area contributed by atoms with Crippen LogP contribution in [0.15, 0.2) is 35.5 Å². The van der Waals surface area contributed by atoms with Crippen molar-refractivity contribution in [2.45, 2.75) is 53.3 Å². The fourth-order valence-electron chi connectivity index (χ4n) is 3.26. The van der Waals surface area contributed by atoms with Crippen molar-refractivity contribution < 1.29 is 23.9 Å². The number of hydrogen-bond donors (Lipinski definition) is 1. The smallest absolute Gasteiger partial charge is 0.407 e. The van der Waals surface area contributed by atoms with Crippen LogP contribution < -0.4 is 10.1 Å². The Morgan fingerprint density at radius 3 is 2.64 bits per heavy atom. The highest BCUT2D eigenvalue weighted by atomic mass is 32.1. The first kappa shape index (κ1) is 26.8. The van der Waals surface area contributed by atoms with Gasteiger partial charge in [-0.2, -0.15) is 10.1 Å². The maximum atomic E-state index is 13.0. The Labute approximate surface area is 212 Å². The van der Waals surface area contributed by atoms with Crippen molar-refractivity contribution in [1.29, 1.82) is 0 Å². The number of rotatable bonds is 7. The topological polar surface area (TPSA) is 130 Å². The zero-order valence-electron chi connectivity index (χ0n) is 21.2. The summed E-state index contributed by atoms with van der Waals surface area (Å²) in [5.74, 6) is -0.934. The molecule has 0 saturated heterocycles. The molecule has 0 bridgehead atoms. The largest absolute Gasteiger partial charge is 0.465 e. The second-order valence-electron chi connectivity index (χ2n) is 8.79. The number of esters is 1. The lowest BCUT2D eigenvalue weighted by molar-refractivity contribution is 0.0532. The van der Waals surface area contributed by atoms with Crippen LogP contribution in [0.3, 0.4) is 0 Å². The van der Waals surface area contributed by atoms with Crippen molar-refractivity contribution in [1.82, 2.24) is 24.6 Å². The molecule has 3 aromatic heterocycles. The quantitative estimate of drug-likeness (QED) is 0.378. The SMILES string of the molecule is CCn1nc(C)cc1C(=O)/N=c1\sc2cc(C(=O)OC)cnc2n1C/C=C/CNC(=O)OC(C)(C)C. The second kappa shape index (κ2) is 11.3. The van der Waals surface area contributed by atoms with Gasteiger partial charge in [-0.15, -0.1) is 0 Å². The summed E-state index contributed by atoms with van der Waals surface area (Å²) in [5.41, 5.74) is 1.39. The van der Waals surface area contributed by atoms with E-state index in [4.69, 9.17) is 9.47 Å². The van der Waals surface area contributed by atoms with Gasteiger partial charge in [0, 0.05) is 25.8 Å². The number of alkyl carbamates (subject to hydrolysis) is 1. The first-order valence-electron chi connectivity index (χ1n) is 11.4. The van der Waals surface area contributed by atoms with Crippen LogP contribution >= 0.6 is 11.3 Å². The fourth-order valence-corrected chi connectivity index (χ4v) is 4.30. The van der Waals surface area contributed by atoms with Crippen LogP contribution in [0, 0.1) is 6.92 Å². The predicted molar refractivity (Wildman–Crippen MR) is 135 cm³/mol. The molecule has 0 fully saturated rings. The minimum atomic E-state index is -0.581. The van der Waals surface area contributed by atoms with Gasteiger partial charge >= 0.3 is 12.1 Å². The molecule has 0 saturated carbocycles. The summed E-state index contributed by atoms with van der Waals surface area (Å²) in [6, 6.07) is 3.36. The van der Waals surface area contributed by atoms with Crippen LogP contribution in [0.2, 0.25) is 0 Å². The van der Waals surface area contributed by atoms with E-state index in [1.165, 1.54) is 24.6 Å². The number of amides is 2.